The molecule has 1 aromatic carbocycles. The van der Waals surface area contributed by atoms with E-state index in [1.165, 1.54) is 6.42 Å². The number of furan rings is 1. The molecule has 3 nitrogen and oxygen atoms in total. The van der Waals surface area contributed by atoms with Gasteiger partial charge in [0.25, 0.3) is 0 Å². The van der Waals surface area contributed by atoms with Gasteiger partial charge in [0.2, 0.25) is 0 Å². The molecule has 3 rings (SSSR count). The molecule has 2 aromatic rings. The van der Waals surface area contributed by atoms with Crippen LogP contribution in [0.1, 0.15) is 23.7 Å². The average molecular weight is 289 g/mol. The van der Waals surface area contributed by atoms with Crippen LogP contribution in [-0.2, 0) is 0 Å². The van der Waals surface area contributed by atoms with Gasteiger partial charge in [-0.25, -0.2) is 0 Å². The van der Waals surface area contributed by atoms with Crippen molar-refractivity contribution in [3.05, 3.63) is 36.1 Å². The number of hydrogen-bond donors (Lipinski definition) is 0. The molecule has 0 spiro atoms. The van der Waals surface area contributed by atoms with Crippen molar-refractivity contribution in [2.45, 2.75) is 18.6 Å². The van der Waals surface area contributed by atoms with Gasteiger partial charge in [-0.05, 0) is 12.5 Å². The molecule has 0 aliphatic carbocycles. The fourth-order valence-corrected chi connectivity index (χ4v) is 3.90. The van der Waals surface area contributed by atoms with Crippen molar-refractivity contribution in [2.24, 2.45) is 0 Å². The van der Waals surface area contributed by atoms with Crippen LogP contribution in [0.2, 0.25) is 0 Å². The summed E-state index contributed by atoms with van der Waals surface area (Å²) in [4.78, 5) is 14.7. The van der Waals surface area contributed by atoms with Gasteiger partial charge in [0.1, 0.15) is 11.8 Å². The van der Waals surface area contributed by atoms with Gasteiger partial charge >= 0.3 is 0 Å². The zero-order valence-corrected chi connectivity index (χ0v) is 12.5. The summed E-state index contributed by atoms with van der Waals surface area (Å²) >= 11 is 2.02. The molecule has 1 aromatic heterocycles. The van der Waals surface area contributed by atoms with Crippen molar-refractivity contribution in [2.75, 3.05) is 25.4 Å². The number of carbonyl (C=O) groups excluding carboxylic acids is 1. The number of carbonyl (C=O) groups is 1. The predicted molar refractivity (Wildman–Crippen MR) is 83.5 cm³/mol. The molecule has 0 radical (unpaired) electrons. The first-order valence-electron chi connectivity index (χ1n) is 7.11. The molecule has 1 aliphatic rings. The number of benzene rings is 1. The number of rotatable bonds is 4. The van der Waals surface area contributed by atoms with Crippen LogP contribution < -0.4 is 0 Å². The van der Waals surface area contributed by atoms with Gasteiger partial charge in [-0.3, -0.25) is 9.69 Å². The maximum absolute atomic E-state index is 12.5. The summed E-state index contributed by atoms with van der Waals surface area (Å²) in [6.45, 7) is 4.73. The zero-order chi connectivity index (χ0) is 13.9. The Morgan fingerprint density at radius 1 is 1.45 bits per heavy atom. The van der Waals surface area contributed by atoms with E-state index in [4.69, 9.17) is 4.42 Å². The van der Waals surface area contributed by atoms with Crippen LogP contribution in [-0.4, -0.2) is 41.3 Å². The minimum absolute atomic E-state index is 0.164. The van der Waals surface area contributed by atoms with Gasteiger partial charge in [-0.15, -0.1) is 0 Å². The fourth-order valence-electron chi connectivity index (χ4n) is 2.65. The molecular formula is C16H19NO2S. The highest BCUT2D eigenvalue weighted by atomic mass is 32.2. The lowest BCUT2D eigenvalue weighted by Crippen LogP contribution is -2.40. The Morgan fingerprint density at radius 3 is 3.15 bits per heavy atom. The largest absolute Gasteiger partial charge is 0.464 e. The predicted octanol–water partition coefficient (Wildman–Crippen LogP) is 3.44. The number of fused-ring (bicyclic) bond motifs is 1. The first-order chi connectivity index (χ1) is 9.78. The molecule has 2 heterocycles. The van der Waals surface area contributed by atoms with Gasteiger partial charge < -0.3 is 4.42 Å². The Balaban J connectivity index is 1.73. The average Bonchev–Trinajstić information content (AvgIpc) is 2.91. The van der Waals surface area contributed by atoms with Crippen molar-refractivity contribution >= 4 is 28.5 Å². The third kappa shape index (κ3) is 2.76. The molecule has 1 atom stereocenters. The summed E-state index contributed by atoms with van der Waals surface area (Å²) < 4.78 is 5.46. The molecule has 0 bridgehead atoms. The van der Waals surface area contributed by atoms with Crippen molar-refractivity contribution in [3.8, 4) is 0 Å². The van der Waals surface area contributed by atoms with Crippen LogP contribution in [0.5, 0.6) is 0 Å². The van der Waals surface area contributed by atoms with Gasteiger partial charge in [0.05, 0.1) is 12.1 Å². The van der Waals surface area contributed by atoms with Crippen LogP contribution in [0.3, 0.4) is 0 Å². The van der Waals surface area contributed by atoms with E-state index in [0.717, 1.165) is 29.8 Å². The number of para-hydroxylation sites is 1. The van der Waals surface area contributed by atoms with E-state index in [2.05, 4.69) is 11.8 Å². The van der Waals surface area contributed by atoms with E-state index >= 15 is 0 Å². The first kappa shape index (κ1) is 13.7. The van der Waals surface area contributed by atoms with Crippen LogP contribution in [0, 0.1) is 0 Å². The third-order valence-corrected chi connectivity index (χ3v) is 5.20. The normalized spacial score (nSPS) is 20.4. The summed E-state index contributed by atoms with van der Waals surface area (Å²) in [6, 6.07) is 7.72. The monoisotopic (exact) mass is 289 g/mol. The molecule has 1 unspecified atom stereocenters. The summed E-state index contributed by atoms with van der Waals surface area (Å²) in [5, 5.41) is 1.59. The second kappa shape index (κ2) is 6.02. The van der Waals surface area contributed by atoms with E-state index in [1.807, 2.05) is 36.0 Å². The molecule has 1 aliphatic heterocycles. The molecular weight excluding hydrogens is 270 g/mol. The SMILES string of the molecule is CCC1CN(CC(=O)c2coc3ccccc23)CCS1. The van der Waals surface area contributed by atoms with Gasteiger partial charge in [-0.1, -0.05) is 25.1 Å². The Bertz CT molecular complexity index is 607. The molecule has 0 saturated carbocycles. The molecule has 0 amide bonds. The van der Waals surface area contributed by atoms with Crippen molar-refractivity contribution < 1.29 is 9.21 Å². The van der Waals surface area contributed by atoms with Gasteiger partial charge in [0, 0.05) is 29.5 Å². The summed E-state index contributed by atoms with van der Waals surface area (Å²) in [6.07, 6.45) is 2.77. The summed E-state index contributed by atoms with van der Waals surface area (Å²) in [5.41, 5.74) is 1.50. The highest BCUT2D eigenvalue weighted by Crippen LogP contribution is 2.24. The van der Waals surface area contributed by atoms with Crippen molar-refractivity contribution in [3.63, 3.8) is 0 Å². The summed E-state index contributed by atoms with van der Waals surface area (Å²) in [7, 11) is 0. The number of nitrogens with zero attached hydrogens (tertiary/aromatic N) is 1. The maximum atomic E-state index is 12.5. The summed E-state index contributed by atoms with van der Waals surface area (Å²) in [5.74, 6) is 1.29. The first-order valence-corrected chi connectivity index (χ1v) is 8.16. The molecule has 0 N–H and O–H groups in total. The van der Waals surface area contributed by atoms with Gasteiger partial charge in [0.15, 0.2) is 5.78 Å². The molecule has 20 heavy (non-hydrogen) atoms. The lowest BCUT2D eigenvalue weighted by Gasteiger charge is -2.31. The lowest BCUT2D eigenvalue weighted by molar-refractivity contribution is 0.0933. The molecule has 4 heteroatoms. The quantitative estimate of drug-likeness (QED) is 0.807. The van der Waals surface area contributed by atoms with E-state index in [1.54, 1.807) is 6.26 Å². The highest BCUT2D eigenvalue weighted by Gasteiger charge is 2.22. The molecule has 1 fully saturated rings. The Hall–Kier alpha value is -1.26. The fraction of sp³-hybridized carbons (Fsp3) is 0.438. The van der Waals surface area contributed by atoms with Crippen LogP contribution >= 0.6 is 11.8 Å². The minimum Gasteiger partial charge on any atom is -0.464 e. The number of Topliss-reactive ketones (excluding diaryl/α,β-unsaturated/α-hetero) is 1. The topological polar surface area (TPSA) is 33.5 Å². The van der Waals surface area contributed by atoms with Crippen molar-refractivity contribution in [1.82, 2.24) is 4.90 Å². The second-order valence-corrected chi connectivity index (χ2v) is 6.61. The Kier molecular flexibility index (Phi) is 4.13. The number of hydrogen-bond acceptors (Lipinski definition) is 4. The standard InChI is InChI=1S/C16H19NO2S/c1-2-12-9-17(7-8-20-12)10-15(18)14-11-19-16-6-4-3-5-13(14)16/h3-6,11-12H,2,7-10H2,1H3. The van der Waals surface area contributed by atoms with Crippen LogP contribution in [0.4, 0.5) is 0 Å². The smallest absolute Gasteiger partial charge is 0.180 e. The van der Waals surface area contributed by atoms with E-state index in [0.29, 0.717) is 17.4 Å². The van der Waals surface area contributed by atoms with Gasteiger partial charge in [-0.2, -0.15) is 11.8 Å². The maximum Gasteiger partial charge on any atom is 0.180 e. The highest BCUT2D eigenvalue weighted by molar-refractivity contribution is 8.00. The zero-order valence-electron chi connectivity index (χ0n) is 11.7. The Labute approximate surface area is 123 Å². The minimum atomic E-state index is 0.164. The van der Waals surface area contributed by atoms with E-state index in [-0.39, 0.29) is 5.78 Å². The number of thioether (sulfide) groups is 1. The van der Waals surface area contributed by atoms with Crippen molar-refractivity contribution in [1.29, 1.82) is 0 Å². The third-order valence-electron chi connectivity index (χ3n) is 3.83. The van der Waals surface area contributed by atoms with E-state index in [9.17, 15) is 4.79 Å². The van der Waals surface area contributed by atoms with Crippen LogP contribution in [0.15, 0.2) is 34.9 Å². The number of ketones is 1. The van der Waals surface area contributed by atoms with E-state index < -0.39 is 0 Å². The second-order valence-electron chi connectivity index (χ2n) is 5.20. The van der Waals surface area contributed by atoms with Crippen LogP contribution in [0.25, 0.3) is 11.0 Å². The Morgan fingerprint density at radius 2 is 2.30 bits per heavy atom. The molecule has 106 valence electrons. The lowest BCUT2D eigenvalue weighted by atomic mass is 10.1. The molecule has 1 saturated heterocycles.